The van der Waals surface area contributed by atoms with Gasteiger partial charge in [-0.25, -0.2) is 0 Å². The van der Waals surface area contributed by atoms with E-state index in [1.807, 2.05) is 30.3 Å². The van der Waals surface area contributed by atoms with Gasteiger partial charge >= 0.3 is 5.97 Å². The zero-order chi connectivity index (χ0) is 15.0. The van der Waals surface area contributed by atoms with Crippen molar-refractivity contribution in [2.24, 2.45) is 5.92 Å². The number of carboxylic acids is 1. The zero-order valence-corrected chi connectivity index (χ0v) is 12.7. The summed E-state index contributed by atoms with van der Waals surface area (Å²) in [5, 5.41) is 11.6. The summed E-state index contributed by atoms with van der Waals surface area (Å²) in [4.78, 5) is 23.7. The highest BCUT2D eigenvalue weighted by Gasteiger charge is 2.20. The van der Waals surface area contributed by atoms with E-state index < -0.39 is 11.9 Å². The minimum absolute atomic E-state index is 0.0840. The number of benzene rings is 1. The lowest BCUT2D eigenvalue weighted by molar-refractivity contribution is -0.142. The molecule has 20 heavy (non-hydrogen) atoms. The van der Waals surface area contributed by atoms with Crippen LogP contribution in [0.5, 0.6) is 0 Å². The molecule has 1 aromatic rings. The fraction of sp³-hybridized carbons (Fsp3) is 0.467. The maximum absolute atomic E-state index is 11.7. The average Bonchev–Trinajstić information content (AvgIpc) is 2.43. The smallest absolute Gasteiger partial charge is 0.308 e. The van der Waals surface area contributed by atoms with Gasteiger partial charge in [-0.15, -0.1) is 11.8 Å². The number of aliphatic carboxylic acids is 1. The SMILES string of the molecule is CC(NC(=O)CCCSc1ccccc1)C(C)C(=O)O. The number of carboxylic acid groups (broad SMARTS) is 1. The average molecular weight is 295 g/mol. The molecule has 2 N–H and O–H groups in total. The summed E-state index contributed by atoms with van der Waals surface area (Å²) in [6, 6.07) is 9.70. The summed E-state index contributed by atoms with van der Waals surface area (Å²) in [7, 11) is 0. The molecule has 0 spiro atoms. The molecule has 1 rings (SSSR count). The van der Waals surface area contributed by atoms with Gasteiger partial charge in [0.1, 0.15) is 0 Å². The lowest BCUT2D eigenvalue weighted by atomic mass is 10.0. The van der Waals surface area contributed by atoms with Gasteiger partial charge < -0.3 is 10.4 Å². The van der Waals surface area contributed by atoms with Crippen LogP contribution in [0.15, 0.2) is 35.2 Å². The first-order valence-electron chi connectivity index (χ1n) is 6.70. The Balaban J connectivity index is 2.19. The maximum Gasteiger partial charge on any atom is 0.308 e. The molecule has 0 fully saturated rings. The molecule has 1 amide bonds. The normalized spacial score (nSPS) is 13.5. The maximum atomic E-state index is 11.7. The van der Waals surface area contributed by atoms with E-state index in [1.54, 1.807) is 25.6 Å². The van der Waals surface area contributed by atoms with Gasteiger partial charge in [-0.05, 0) is 38.2 Å². The largest absolute Gasteiger partial charge is 0.481 e. The molecule has 0 aliphatic carbocycles. The highest BCUT2D eigenvalue weighted by Crippen LogP contribution is 2.18. The summed E-state index contributed by atoms with van der Waals surface area (Å²) in [5.74, 6) is -0.672. The van der Waals surface area contributed by atoms with E-state index in [0.29, 0.717) is 6.42 Å². The van der Waals surface area contributed by atoms with Gasteiger partial charge in [0.05, 0.1) is 5.92 Å². The van der Waals surface area contributed by atoms with Crippen LogP contribution in [-0.4, -0.2) is 28.8 Å². The third-order valence-electron chi connectivity index (χ3n) is 3.09. The fourth-order valence-corrected chi connectivity index (χ4v) is 2.48. The van der Waals surface area contributed by atoms with E-state index >= 15 is 0 Å². The van der Waals surface area contributed by atoms with Crippen molar-refractivity contribution in [1.29, 1.82) is 0 Å². The third-order valence-corrected chi connectivity index (χ3v) is 4.19. The van der Waals surface area contributed by atoms with Gasteiger partial charge in [-0.2, -0.15) is 0 Å². The molecule has 0 radical (unpaired) electrons. The van der Waals surface area contributed by atoms with E-state index in [1.165, 1.54) is 4.90 Å². The first kappa shape index (κ1) is 16.6. The number of amides is 1. The Kier molecular flexibility index (Phi) is 7.15. The minimum Gasteiger partial charge on any atom is -0.481 e. The minimum atomic E-state index is -0.891. The summed E-state index contributed by atoms with van der Waals surface area (Å²) in [6.07, 6.45) is 1.20. The Bertz CT molecular complexity index is 436. The lowest BCUT2D eigenvalue weighted by Crippen LogP contribution is -2.39. The standard InChI is InChI=1S/C15H21NO3S/c1-11(15(18)19)12(2)16-14(17)9-6-10-20-13-7-4-3-5-8-13/h3-5,7-8,11-12H,6,9-10H2,1-2H3,(H,16,17)(H,18,19). The van der Waals surface area contributed by atoms with E-state index in [9.17, 15) is 9.59 Å². The van der Waals surface area contributed by atoms with E-state index in [2.05, 4.69) is 5.32 Å². The number of hydrogen-bond acceptors (Lipinski definition) is 3. The number of thioether (sulfide) groups is 1. The Morgan fingerprint density at radius 2 is 1.90 bits per heavy atom. The van der Waals surface area contributed by atoms with Crippen molar-refractivity contribution in [2.75, 3.05) is 5.75 Å². The second-order valence-corrected chi connectivity index (χ2v) is 5.92. The quantitative estimate of drug-likeness (QED) is 0.571. The Labute approximate surface area is 124 Å². The van der Waals surface area contributed by atoms with Gasteiger partial charge in [0, 0.05) is 17.4 Å². The van der Waals surface area contributed by atoms with Crippen molar-refractivity contribution in [3.05, 3.63) is 30.3 Å². The van der Waals surface area contributed by atoms with Crippen LogP contribution in [0.25, 0.3) is 0 Å². The van der Waals surface area contributed by atoms with Gasteiger partial charge in [-0.3, -0.25) is 9.59 Å². The van der Waals surface area contributed by atoms with Crippen molar-refractivity contribution in [2.45, 2.75) is 37.6 Å². The van der Waals surface area contributed by atoms with Crippen LogP contribution in [0, 0.1) is 5.92 Å². The molecule has 0 aliphatic heterocycles. The fourth-order valence-electron chi connectivity index (χ4n) is 1.60. The number of carbonyl (C=O) groups is 2. The Morgan fingerprint density at radius 3 is 2.50 bits per heavy atom. The number of rotatable bonds is 8. The van der Waals surface area contributed by atoms with Crippen LogP contribution < -0.4 is 5.32 Å². The van der Waals surface area contributed by atoms with Crippen molar-refractivity contribution >= 4 is 23.6 Å². The molecule has 4 nitrogen and oxygen atoms in total. The summed E-state index contributed by atoms with van der Waals surface area (Å²) in [5.41, 5.74) is 0. The van der Waals surface area contributed by atoms with Gasteiger partial charge in [-0.1, -0.05) is 18.2 Å². The molecule has 2 unspecified atom stereocenters. The van der Waals surface area contributed by atoms with Crippen LogP contribution in [0.1, 0.15) is 26.7 Å². The Morgan fingerprint density at radius 1 is 1.25 bits per heavy atom. The number of carbonyl (C=O) groups excluding carboxylic acids is 1. The summed E-state index contributed by atoms with van der Waals surface area (Å²) >= 11 is 1.72. The number of nitrogens with one attached hydrogen (secondary N) is 1. The van der Waals surface area contributed by atoms with Crippen LogP contribution >= 0.6 is 11.8 Å². The molecule has 0 bridgehead atoms. The topological polar surface area (TPSA) is 66.4 Å². The molecular weight excluding hydrogens is 274 g/mol. The lowest BCUT2D eigenvalue weighted by Gasteiger charge is -2.17. The second kappa shape index (κ2) is 8.64. The molecule has 0 saturated carbocycles. The Hall–Kier alpha value is -1.49. The van der Waals surface area contributed by atoms with Crippen molar-refractivity contribution in [1.82, 2.24) is 5.32 Å². The highest BCUT2D eigenvalue weighted by molar-refractivity contribution is 7.99. The molecule has 0 aliphatic rings. The second-order valence-electron chi connectivity index (χ2n) is 4.75. The molecule has 110 valence electrons. The van der Waals surface area contributed by atoms with E-state index in [-0.39, 0.29) is 11.9 Å². The monoisotopic (exact) mass is 295 g/mol. The first-order chi connectivity index (χ1) is 9.50. The number of hydrogen-bond donors (Lipinski definition) is 2. The first-order valence-corrected chi connectivity index (χ1v) is 7.69. The van der Waals surface area contributed by atoms with Crippen LogP contribution in [0.3, 0.4) is 0 Å². The van der Waals surface area contributed by atoms with Gasteiger partial charge in [0.15, 0.2) is 0 Å². The van der Waals surface area contributed by atoms with Gasteiger partial charge in [0.2, 0.25) is 5.91 Å². The molecule has 0 saturated heterocycles. The van der Waals surface area contributed by atoms with Crippen molar-refractivity contribution < 1.29 is 14.7 Å². The van der Waals surface area contributed by atoms with Crippen LogP contribution in [-0.2, 0) is 9.59 Å². The van der Waals surface area contributed by atoms with Crippen molar-refractivity contribution in [3.63, 3.8) is 0 Å². The van der Waals surface area contributed by atoms with E-state index in [0.717, 1.165) is 12.2 Å². The molecule has 2 atom stereocenters. The molecule has 0 aromatic heterocycles. The predicted octanol–water partition coefficient (Wildman–Crippen LogP) is 2.78. The molecule has 1 aromatic carbocycles. The molecular formula is C15H21NO3S. The van der Waals surface area contributed by atoms with E-state index in [4.69, 9.17) is 5.11 Å². The predicted molar refractivity (Wildman–Crippen MR) is 80.8 cm³/mol. The van der Waals surface area contributed by atoms with Crippen LogP contribution in [0.4, 0.5) is 0 Å². The third kappa shape index (κ3) is 6.10. The summed E-state index contributed by atoms with van der Waals surface area (Å²) in [6.45, 7) is 3.31. The van der Waals surface area contributed by atoms with Crippen LogP contribution in [0.2, 0.25) is 0 Å². The zero-order valence-electron chi connectivity index (χ0n) is 11.8. The van der Waals surface area contributed by atoms with Crippen molar-refractivity contribution in [3.8, 4) is 0 Å². The molecule has 5 heteroatoms. The molecule has 0 heterocycles. The van der Waals surface area contributed by atoms with Gasteiger partial charge in [0.25, 0.3) is 0 Å². The highest BCUT2D eigenvalue weighted by atomic mass is 32.2. The summed E-state index contributed by atoms with van der Waals surface area (Å²) < 4.78 is 0.